The molecule has 2 bridgehead atoms. The number of phenols is 1. The second-order valence-electron chi connectivity index (χ2n) is 12.1. The van der Waals surface area contributed by atoms with Crippen LogP contribution in [-0.4, -0.2) is 46.6 Å². The number of piperidine rings is 2. The van der Waals surface area contributed by atoms with Crippen molar-refractivity contribution in [1.82, 2.24) is 9.80 Å². The van der Waals surface area contributed by atoms with E-state index in [9.17, 15) is 5.11 Å². The lowest BCUT2D eigenvalue weighted by molar-refractivity contribution is 0.0501. The zero-order valence-electron chi connectivity index (χ0n) is 22.6. The predicted molar refractivity (Wildman–Crippen MR) is 153 cm³/mol. The maximum Gasteiger partial charge on any atom is 0.115 e. The van der Waals surface area contributed by atoms with E-state index in [-0.39, 0.29) is 0 Å². The van der Waals surface area contributed by atoms with Crippen molar-refractivity contribution in [2.45, 2.75) is 76.9 Å². The van der Waals surface area contributed by atoms with Crippen molar-refractivity contribution in [3.05, 3.63) is 89.0 Å². The van der Waals surface area contributed by atoms with Gasteiger partial charge in [0.05, 0.1) is 0 Å². The number of fused-ring (bicyclic) bond motifs is 4. The van der Waals surface area contributed by atoms with Gasteiger partial charge in [0.15, 0.2) is 0 Å². The summed E-state index contributed by atoms with van der Waals surface area (Å²) in [6.45, 7) is 6.93. The highest BCUT2D eigenvalue weighted by molar-refractivity contribution is 5.37. The topological polar surface area (TPSA) is 26.7 Å². The average molecular weight is 497 g/mol. The van der Waals surface area contributed by atoms with Crippen molar-refractivity contribution >= 4 is 0 Å². The van der Waals surface area contributed by atoms with E-state index in [0.29, 0.717) is 23.6 Å². The first kappa shape index (κ1) is 24.9. The maximum atomic E-state index is 9.89. The van der Waals surface area contributed by atoms with Gasteiger partial charge >= 0.3 is 0 Å². The van der Waals surface area contributed by atoms with Crippen LogP contribution < -0.4 is 0 Å². The highest BCUT2D eigenvalue weighted by Crippen LogP contribution is 2.37. The third-order valence-corrected chi connectivity index (χ3v) is 9.90. The van der Waals surface area contributed by atoms with Gasteiger partial charge in [0.1, 0.15) is 5.75 Å². The van der Waals surface area contributed by atoms with Gasteiger partial charge in [-0.1, -0.05) is 61.6 Å². The fourth-order valence-electron chi connectivity index (χ4n) is 7.71. The molecule has 2 saturated heterocycles. The van der Waals surface area contributed by atoms with Crippen molar-refractivity contribution in [2.24, 2.45) is 17.8 Å². The molecule has 3 aliphatic carbocycles. The summed E-state index contributed by atoms with van der Waals surface area (Å²) in [5.74, 6) is 2.55. The number of phenolic OH excluding ortho intramolecular Hbond substituents is 1. The van der Waals surface area contributed by atoms with Crippen LogP contribution >= 0.6 is 0 Å². The Morgan fingerprint density at radius 2 is 1.68 bits per heavy atom. The second-order valence-corrected chi connectivity index (χ2v) is 12.1. The first-order valence-electron chi connectivity index (χ1n) is 14.9. The van der Waals surface area contributed by atoms with Gasteiger partial charge in [0.2, 0.25) is 0 Å². The highest BCUT2D eigenvalue weighted by Gasteiger charge is 2.34. The summed E-state index contributed by atoms with van der Waals surface area (Å²) in [6.07, 6.45) is 19.7. The van der Waals surface area contributed by atoms with E-state index in [4.69, 9.17) is 0 Å². The maximum absolute atomic E-state index is 9.89. The molecule has 37 heavy (non-hydrogen) atoms. The zero-order chi connectivity index (χ0) is 25.2. The smallest absolute Gasteiger partial charge is 0.115 e. The summed E-state index contributed by atoms with van der Waals surface area (Å²) in [6, 6.07) is 16.8. The molecule has 2 unspecified atom stereocenters. The lowest BCUT2D eigenvalue weighted by Gasteiger charge is -2.45. The molecular formula is C34H44N2O. The third-order valence-electron chi connectivity index (χ3n) is 9.90. The molecule has 3 fully saturated rings. The first-order chi connectivity index (χ1) is 18.2. The molecule has 2 aliphatic heterocycles. The van der Waals surface area contributed by atoms with Gasteiger partial charge in [0, 0.05) is 31.7 Å². The van der Waals surface area contributed by atoms with Gasteiger partial charge in [-0.15, -0.1) is 0 Å². The molecule has 7 rings (SSSR count). The van der Waals surface area contributed by atoms with Gasteiger partial charge in [-0.05, 0) is 110 Å². The van der Waals surface area contributed by atoms with E-state index in [2.05, 4.69) is 71.4 Å². The van der Waals surface area contributed by atoms with Gasteiger partial charge in [-0.25, -0.2) is 0 Å². The van der Waals surface area contributed by atoms with Crippen molar-refractivity contribution in [1.29, 1.82) is 0 Å². The third kappa shape index (κ3) is 5.59. The quantitative estimate of drug-likeness (QED) is 0.449. The second kappa shape index (κ2) is 11.2. The van der Waals surface area contributed by atoms with Crippen LogP contribution in [0.1, 0.15) is 61.3 Å². The van der Waals surface area contributed by atoms with Gasteiger partial charge in [-0.3, -0.25) is 9.80 Å². The predicted octanol–water partition coefficient (Wildman–Crippen LogP) is 6.55. The highest BCUT2D eigenvalue weighted by atomic mass is 16.3. The number of rotatable bonds is 8. The minimum atomic E-state index is 0.400. The Morgan fingerprint density at radius 1 is 0.892 bits per heavy atom. The van der Waals surface area contributed by atoms with Gasteiger partial charge in [-0.2, -0.15) is 0 Å². The lowest BCUT2D eigenvalue weighted by atomic mass is 9.73. The molecule has 1 saturated carbocycles. The molecule has 2 aromatic rings. The molecule has 196 valence electrons. The van der Waals surface area contributed by atoms with E-state index in [1.807, 2.05) is 12.1 Å². The van der Waals surface area contributed by atoms with Crippen LogP contribution in [0.3, 0.4) is 0 Å². The molecule has 0 aromatic heterocycles. The van der Waals surface area contributed by atoms with Crippen LogP contribution in [0.5, 0.6) is 5.75 Å². The fraction of sp³-hybridized carbons (Fsp3) is 0.529. The van der Waals surface area contributed by atoms with Crippen LogP contribution in [0.15, 0.2) is 66.8 Å². The summed E-state index contributed by atoms with van der Waals surface area (Å²) >= 11 is 0. The Balaban J connectivity index is 1.08. The average Bonchev–Trinajstić information content (AvgIpc) is 2.96. The number of aryl methyl sites for hydroxylation is 1. The SMILES string of the molecule is CCN(Cc1ccc(CCN2CC3CCC2CC3)cc1)C1C=CC=CC1[C@@H]1CCc2cc(O)ccc2C1. The molecule has 5 aliphatic rings. The van der Waals surface area contributed by atoms with Crippen LogP contribution in [0.2, 0.25) is 0 Å². The van der Waals surface area contributed by atoms with Crippen LogP contribution in [-0.2, 0) is 25.8 Å². The van der Waals surface area contributed by atoms with Crippen molar-refractivity contribution in [3.8, 4) is 5.75 Å². The van der Waals surface area contributed by atoms with E-state index in [1.165, 1.54) is 73.9 Å². The van der Waals surface area contributed by atoms with Crippen molar-refractivity contribution < 1.29 is 5.11 Å². The normalized spacial score (nSPS) is 29.1. The molecular weight excluding hydrogens is 452 g/mol. The summed E-state index contributed by atoms with van der Waals surface area (Å²) in [5.41, 5.74) is 5.67. The monoisotopic (exact) mass is 496 g/mol. The number of hydrogen-bond acceptors (Lipinski definition) is 3. The number of allylic oxidation sites excluding steroid dienone is 2. The molecule has 0 spiro atoms. The lowest BCUT2D eigenvalue weighted by Crippen LogP contribution is -2.48. The minimum absolute atomic E-state index is 0.400. The molecule has 3 heteroatoms. The van der Waals surface area contributed by atoms with Crippen LogP contribution in [0.25, 0.3) is 0 Å². The number of benzene rings is 2. The molecule has 3 nitrogen and oxygen atoms in total. The van der Waals surface area contributed by atoms with E-state index < -0.39 is 0 Å². The van der Waals surface area contributed by atoms with E-state index in [0.717, 1.165) is 37.9 Å². The standard InChI is InChI=1S/C34H44N2O/c1-2-35(23-26-9-7-25(8-10-26)19-20-36-24-27-11-16-31(36)17-12-27)34-6-4-3-5-33(34)30-14-13-29-22-32(37)18-15-28(29)21-30/h3-10,15,18,22,27,30-31,33-34,37H,2,11-14,16-17,19-21,23-24H2,1H3/t27?,30-,31?,33?,34?/m1/s1. The number of aromatic hydroxyl groups is 1. The molecule has 1 N–H and O–H groups in total. The zero-order valence-corrected chi connectivity index (χ0v) is 22.6. The Bertz CT molecular complexity index is 1110. The Morgan fingerprint density at radius 3 is 2.43 bits per heavy atom. The fourth-order valence-corrected chi connectivity index (χ4v) is 7.71. The molecule has 2 heterocycles. The Hall–Kier alpha value is -2.36. The van der Waals surface area contributed by atoms with Gasteiger partial charge < -0.3 is 5.11 Å². The summed E-state index contributed by atoms with van der Waals surface area (Å²) in [4.78, 5) is 5.44. The van der Waals surface area contributed by atoms with E-state index in [1.54, 1.807) is 0 Å². The number of likely N-dealkylation sites (N-methyl/N-ethyl adjacent to an activating group) is 1. The minimum Gasteiger partial charge on any atom is -0.508 e. The number of nitrogens with zero attached hydrogens (tertiary/aromatic N) is 2. The Labute approximate surface area is 223 Å². The summed E-state index contributed by atoms with van der Waals surface area (Å²) in [7, 11) is 0. The van der Waals surface area contributed by atoms with E-state index >= 15 is 0 Å². The van der Waals surface area contributed by atoms with Crippen molar-refractivity contribution in [2.75, 3.05) is 19.6 Å². The Kier molecular flexibility index (Phi) is 7.53. The van der Waals surface area contributed by atoms with Crippen LogP contribution in [0.4, 0.5) is 0 Å². The van der Waals surface area contributed by atoms with Gasteiger partial charge in [0.25, 0.3) is 0 Å². The summed E-state index contributed by atoms with van der Waals surface area (Å²) < 4.78 is 0. The largest absolute Gasteiger partial charge is 0.508 e. The number of hydrogen-bond donors (Lipinski definition) is 1. The molecule has 2 aromatic carbocycles. The molecule has 3 atom stereocenters. The van der Waals surface area contributed by atoms with Crippen LogP contribution in [0, 0.1) is 17.8 Å². The molecule has 0 radical (unpaired) electrons. The molecule has 0 amide bonds. The first-order valence-corrected chi connectivity index (χ1v) is 14.9. The van der Waals surface area contributed by atoms with Crippen molar-refractivity contribution in [3.63, 3.8) is 0 Å². The summed E-state index contributed by atoms with van der Waals surface area (Å²) in [5, 5.41) is 9.89.